The van der Waals surface area contributed by atoms with Crippen molar-refractivity contribution in [3.63, 3.8) is 0 Å². The monoisotopic (exact) mass is 1030 g/mol. The number of rotatable bonds is 27. The maximum absolute atomic E-state index is 10.6. The molecule has 4 rings (SSSR count). The molecule has 0 amide bonds. The number of thiocarbonyl (C=S) groups is 2. The molecule has 0 saturated heterocycles. The zero-order valence-electron chi connectivity index (χ0n) is 39.4. The molecule has 65 heavy (non-hydrogen) atoms. The van der Waals surface area contributed by atoms with Crippen molar-refractivity contribution in [2.75, 3.05) is 0 Å². The van der Waals surface area contributed by atoms with Crippen molar-refractivity contribution in [3.8, 4) is 22.8 Å². The first-order chi connectivity index (χ1) is 30.3. The van der Waals surface area contributed by atoms with Crippen molar-refractivity contribution in [1.29, 1.82) is 0 Å². The molecule has 0 bridgehead atoms. The van der Waals surface area contributed by atoms with Gasteiger partial charge in [-0.1, -0.05) is 173 Å². The summed E-state index contributed by atoms with van der Waals surface area (Å²) in [5.41, 5.74) is 6.05. The second kappa shape index (κ2) is 52.6. The molecule has 0 fully saturated rings. The number of carbonyl (C=O) groups is 1. The van der Waals surface area contributed by atoms with E-state index in [1.807, 2.05) is 12.4 Å². The molecule has 0 saturated carbocycles. The number of carboxylic acids is 1. The molecule has 0 aliphatic rings. The van der Waals surface area contributed by atoms with Crippen LogP contribution in [0.15, 0.2) is 73.3 Å². The molecule has 0 aliphatic heterocycles. The Bertz CT molecular complexity index is 1730. The number of unbranched alkanes of at least 4 members (excludes halogenated alkanes) is 20. The van der Waals surface area contributed by atoms with Crippen LogP contribution < -0.4 is 64.2 Å². The van der Waals surface area contributed by atoms with E-state index in [1.54, 1.807) is 18.3 Å². The predicted molar refractivity (Wildman–Crippen MR) is 255 cm³/mol. The standard InChI is InChI=1S/C36H60N2.C11H7N2O2.2CNS.CO2.2Na.Ru/c1-3-5-7-9-11-13-15-17-19-21-23-25-33-27-29-37-35(31-33)36-32-34(28-30-38-36)26-24-22-20-18-16-14-12-10-8-6-4-2;14-11(15)8-4-6-13-10(7-8)9-3-1-2-5-12-9;3*2-1-3;;;/h27-32H,3-26H2,1-2H3;2-7H,(H,14,15);;;;;;/q;3*-1;;2*+1;+2/p-1. The van der Waals surface area contributed by atoms with Gasteiger partial charge in [0.1, 0.15) is 0 Å². The average Bonchev–Trinajstić information content (AvgIpc) is 3.29. The molecule has 15 heteroatoms. The molecule has 0 radical (unpaired) electrons. The molecule has 4 heterocycles. The fourth-order valence-electron chi connectivity index (χ4n) is 6.69. The molecule has 0 N–H and O–H groups in total. The summed E-state index contributed by atoms with van der Waals surface area (Å²) < 4.78 is 0. The number of isothiocyanates is 2. The van der Waals surface area contributed by atoms with Crippen LogP contribution in [0.25, 0.3) is 33.6 Å². The van der Waals surface area contributed by atoms with Gasteiger partial charge in [-0.15, -0.1) is 0 Å². The van der Waals surface area contributed by atoms with E-state index in [0.717, 1.165) is 24.2 Å². The van der Waals surface area contributed by atoms with E-state index < -0.39 is 5.97 Å². The smallest absolute Gasteiger partial charge is 0.753 e. The summed E-state index contributed by atoms with van der Waals surface area (Å²) in [6, 6.07) is 17.9. The minimum absolute atomic E-state index is 0. The Labute approximate surface area is 458 Å². The Morgan fingerprint density at radius 2 is 0.862 bits per heavy atom. The van der Waals surface area contributed by atoms with E-state index in [0.29, 0.717) is 11.4 Å². The fraction of sp³-hybridized carbons (Fsp3) is 0.520. The quantitative estimate of drug-likeness (QED) is 0.0201. The van der Waals surface area contributed by atoms with Gasteiger partial charge in [-0.3, -0.25) is 15.0 Å². The Morgan fingerprint density at radius 1 is 0.554 bits per heavy atom. The Balaban J connectivity index is -0.000000568. The van der Waals surface area contributed by atoms with Gasteiger partial charge in [0, 0.05) is 24.3 Å². The van der Waals surface area contributed by atoms with E-state index in [1.165, 1.54) is 181 Å². The third-order valence-corrected chi connectivity index (χ3v) is 9.91. The van der Waals surface area contributed by atoms with E-state index >= 15 is 0 Å². The molecule has 4 aromatic heterocycles. The van der Waals surface area contributed by atoms with Crippen molar-refractivity contribution in [2.45, 2.75) is 168 Å². The molecule has 4 aromatic rings. The van der Waals surface area contributed by atoms with Crippen LogP contribution in [-0.4, -0.2) is 42.4 Å². The molecular weight excluding hydrogens is 960 g/mol. The summed E-state index contributed by atoms with van der Waals surface area (Å²) >= 11 is 7.40. The summed E-state index contributed by atoms with van der Waals surface area (Å²) in [6.07, 6.45) is 40.2. The largest absolute Gasteiger partial charge is 2.00 e. The van der Waals surface area contributed by atoms with Crippen LogP contribution in [0.3, 0.4) is 0 Å². The van der Waals surface area contributed by atoms with Crippen LogP contribution in [0.1, 0.15) is 177 Å². The molecule has 0 unspecified atom stereocenters. The number of hydrogen-bond acceptors (Lipinski definition) is 10. The van der Waals surface area contributed by atoms with Crippen molar-refractivity contribution < 1.29 is 98.1 Å². The van der Waals surface area contributed by atoms with Gasteiger partial charge >= 0.3 is 84.7 Å². The van der Waals surface area contributed by atoms with Crippen LogP contribution in [0.5, 0.6) is 0 Å². The Hall–Kier alpha value is -2.33. The van der Waals surface area contributed by atoms with Crippen molar-refractivity contribution >= 4 is 46.9 Å². The second-order valence-corrected chi connectivity index (χ2v) is 15.2. The minimum atomic E-state index is -1.22. The van der Waals surface area contributed by atoms with Crippen molar-refractivity contribution in [3.05, 3.63) is 107 Å². The van der Waals surface area contributed by atoms with Gasteiger partial charge in [0.2, 0.25) is 0 Å². The fourth-order valence-corrected chi connectivity index (χ4v) is 6.69. The van der Waals surface area contributed by atoms with Gasteiger partial charge in [-0.2, -0.15) is 38.1 Å². The first kappa shape index (κ1) is 69.2. The normalized spacial score (nSPS) is 9.26. The van der Waals surface area contributed by atoms with Gasteiger partial charge < -0.3 is 25.7 Å². The number of carboxylic acid groups (broad SMARTS) is 1. The number of carbonyl (C=O) groups excluding carboxylic acids is 3. The SMILES string of the molecule is CCCCCCCCCCCCCc1ccnc(-c2cc(CCCCCCCCCCCCC)ccn2)c1.O=C([O-])c1ccnc(-c2c[c-]ccn2)c1.O=C=O.[N-]=C=S.[N-]=C=S.[Na+].[Na+].[Ru+2]. The summed E-state index contributed by atoms with van der Waals surface area (Å²) in [5.74, 6) is -1.22. The van der Waals surface area contributed by atoms with E-state index in [9.17, 15) is 9.90 Å². The Morgan fingerprint density at radius 3 is 1.18 bits per heavy atom. The van der Waals surface area contributed by atoms with Crippen LogP contribution in [0.4, 0.5) is 0 Å². The third-order valence-electron chi connectivity index (χ3n) is 9.91. The van der Waals surface area contributed by atoms with Crippen LogP contribution in [0, 0.1) is 6.07 Å². The van der Waals surface area contributed by atoms with Gasteiger partial charge in [-0.05, 0) is 84.5 Å². The first-order valence-corrected chi connectivity index (χ1v) is 23.1. The molecule has 0 spiro atoms. The summed E-state index contributed by atoms with van der Waals surface area (Å²) in [6.45, 7) is 4.59. The number of aromatic nitrogens is 4. The van der Waals surface area contributed by atoms with Crippen LogP contribution >= 0.6 is 24.4 Å². The number of hydrogen-bond donors (Lipinski definition) is 0. The molecule has 0 aromatic carbocycles. The molecule has 10 nitrogen and oxygen atoms in total. The number of pyridine rings is 4. The molecular formula is C50H66N6Na2O4RuS2. The van der Waals surface area contributed by atoms with E-state index in [4.69, 9.17) is 20.4 Å². The minimum Gasteiger partial charge on any atom is -0.753 e. The summed E-state index contributed by atoms with van der Waals surface area (Å²) in [5, 5.41) is 27.6. The van der Waals surface area contributed by atoms with Gasteiger partial charge in [0.15, 0.2) is 0 Å². The molecule has 0 aliphatic carbocycles. The maximum atomic E-state index is 10.6. The summed E-state index contributed by atoms with van der Waals surface area (Å²) in [7, 11) is 0. The van der Waals surface area contributed by atoms with Crippen LogP contribution in [-0.2, 0) is 41.9 Å². The molecule has 342 valence electrons. The summed E-state index contributed by atoms with van der Waals surface area (Å²) in [4.78, 5) is 44.2. The third kappa shape index (κ3) is 40.5. The van der Waals surface area contributed by atoms with Crippen molar-refractivity contribution in [1.82, 2.24) is 19.9 Å². The van der Waals surface area contributed by atoms with Gasteiger partial charge in [0.25, 0.3) is 0 Å². The number of nitrogens with zero attached hydrogens (tertiary/aromatic N) is 6. The van der Waals surface area contributed by atoms with Gasteiger partial charge in [0.05, 0.1) is 17.4 Å². The van der Waals surface area contributed by atoms with Crippen molar-refractivity contribution in [2.24, 2.45) is 0 Å². The predicted octanol–water partition coefficient (Wildman–Crippen LogP) is 6.90. The number of aryl methyl sites for hydroxylation is 2. The van der Waals surface area contributed by atoms with Crippen LogP contribution in [0.2, 0.25) is 0 Å². The van der Waals surface area contributed by atoms with E-state index in [2.05, 4.69) is 88.6 Å². The molecule has 0 atom stereocenters. The Kier molecular flexibility index (Phi) is 56.1. The second-order valence-electron chi connectivity index (χ2n) is 14.8. The maximum Gasteiger partial charge on any atom is 2.00 e. The topological polar surface area (TPSA) is 170 Å². The average molecular weight is 1030 g/mol. The zero-order valence-corrected chi connectivity index (χ0v) is 46.8. The zero-order chi connectivity index (χ0) is 45.7. The number of aromatic carboxylic acids is 1. The van der Waals surface area contributed by atoms with E-state index in [-0.39, 0.29) is 90.3 Å². The first-order valence-electron chi connectivity index (χ1n) is 22.3. The van der Waals surface area contributed by atoms with Gasteiger partial charge in [-0.25, -0.2) is 0 Å².